The van der Waals surface area contributed by atoms with Gasteiger partial charge in [0.1, 0.15) is 0 Å². The van der Waals surface area contributed by atoms with Crippen molar-refractivity contribution in [3.8, 4) is 22.3 Å². The maximum Gasteiger partial charge on any atom is 0.0546 e. The van der Waals surface area contributed by atoms with Crippen LogP contribution in [0.1, 0.15) is 5.56 Å². The van der Waals surface area contributed by atoms with Crippen molar-refractivity contribution in [1.82, 2.24) is 0 Å². The highest BCUT2D eigenvalue weighted by Gasteiger charge is 2.21. The summed E-state index contributed by atoms with van der Waals surface area (Å²) < 4.78 is 0. The van der Waals surface area contributed by atoms with Crippen molar-refractivity contribution in [1.29, 1.82) is 0 Å². The van der Waals surface area contributed by atoms with Crippen molar-refractivity contribution in [3.63, 3.8) is 0 Å². The molecule has 0 saturated heterocycles. The van der Waals surface area contributed by atoms with E-state index in [0.29, 0.717) is 0 Å². The largest absolute Gasteiger partial charge is 0.310 e. The fourth-order valence-corrected chi connectivity index (χ4v) is 5.83. The molecule has 0 amide bonds. The molecule has 40 heavy (non-hydrogen) atoms. The molecule has 7 rings (SSSR count). The predicted octanol–water partition coefficient (Wildman–Crippen LogP) is 11.1. The molecule has 0 aliphatic heterocycles. The zero-order valence-electron chi connectivity index (χ0n) is 22.5. The van der Waals surface area contributed by atoms with E-state index in [9.17, 15) is 0 Å². The molecule has 0 bridgehead atoms. The summed E-state index contributed by atoms with van der Waals surface area (Å²) in [6.07, 6.45) is 0. The monoisotopic (exact) mass is 511 g/mol. The average molecular weight is 512 g/mol. The molecule has 190 valence electrons. The molecule has 0 aliphatic carbocycles. The van der Waals surface area contributed by atoms with Gasteiger partial charge in [-0.15, -0.1) is 0 Å². The Balaban J connectivity index is 1.52. The number of anilines is 3. The second-order valence-corrected chi connectivity index (χ2v) is 10.2. The Hall–Kier alpha value is -5.14. The van der Waals surface area contributed by atoms with Crippen molar-refractivity contribution in [2.24, 2.45) is 0 Å². The Morgan fingerprint density at radius 3 is 1.77 bits per heavy atom. The van der Waals surface area contributed by atoms with Gasteiger partial charge in [0, 0.05) is 16.9 Å². The molecule has 7 aromatic carbocycles. The van der Waals surface area contributed by atoms with Crippen LogP contribution in [0.5, 0.6) is 0 Å². The third-order valence-corrected chi connectivity index (χ3v) is 7.80. The lowest BCUT2D eigenvalue weighted by atomic mass is 9.91. The third kappa shape index (κ3) is 4.22. The highest BCUT2D eigenvalue weighted by molar-refractivity contribution is 6.11. The van der Waals surface area contributed by atoms with Gasteiger partial charge in [-0.3, -0.25) is 0 Å². The normalized spacial score (nSPS) is 11.1. The first-order valence-corrected chi connectivity index (χ1v) is 13.8. The van der Waals surface area contributed by atoms with Gasteiger partial charge in [-0.1, -0.05) is 133 Å². The molecule has 0 aromatic heterocycles. The number of para-hydroxylation sites is 1. The lowest BCUT2D eigenvalue weighted by Crippen LogP contribution is -2.12. The molecule has 0 aliphatic rings. The zero-order chi connectivity index (χ0) is 26.9. The minimum absolute atomic E-state index is 1.13. The molecular weight excluding hydrogens is 482 g/mol. The zero-order valence-corrected chi connectivity index (χ0v) is 22.5. The summed E-state index contributed by atoms with van der Waals surface area (Å²) in [5.41, 5.74) is 9.61. The molecule has 0 unspecified atom stereocenters. The van der Waals surface area contributed by atoms with Crippen molar-refractivity contribution < 1.29 is 0 Å². The number of fused-ring (bicyclic) bond motifs is 2. The van der Waals surface area contributed by atoms with Gasteiger partial charge >= 0.3 is 0 Å². The van der Waals surface area contributed by atoms with E-state index in [-0.39, 0.29) is 0 Å². The topological polar surface area (TPSA) is 3.24 Å². The molecule has 1 heteroatoms. The van der Waals surface area contributed by atoms with Crippen LogP contribution in [0.15, 0.2) is 158 Å². The van der Waals surface area contributed by atoms with E-state index in [0.717, 1.165) is 11.4 Å². The van der Waals surface area contributed by atoms with E-state index in [1.165, 1.54) is 55.0 Å². The third-order valence-electron chi connectivity index (χ3n) is 7.80. The molecule has 0 atom stereocenters. The fourth-order valence-electron chi connectivity index (χ4n) is 5.83. The maximum absolute atomic E-state index is 2.42. The van der Waals surface area contributed by atoms with E-state index in [2.05, 4.69) is 170 Å². The van der Waals surface area contributed by atoms with Crippen molar-refractivity contribution in [2.45, 2.75) is 6.92 Å². The minimum Gasteiger partial charge on any atom is -0.310 e. The van der Waals surface area contributed by atoms with Crippen LogP contribution in [0.3, 0.4) is 0 Å². The minimum atomic E-state index is 1.13. The quantitative estimate of drug-likeness (QED) is 0.222. The van der Waals surface area contributed by atoms with Gasteiger partial charge in [0.2, 0.25) is 0 Å². The molecule has 0 spiro atoms. The Kier molecular flexibility index (Phi) is 6.11. The van der Waals surface area contributed by atoms with Gasteiger partial charge in [-0.2, -0.15) is 0 Å². The molecule has 0 heterocycles. The van der Waals surface area contributed by atoms with Crippen LogP contribution in [0, 0.1) is 6.92 Å². The molecule has 0 saturated carbocycles. The number of hydrogen-bond donors (Lipinski definition) is 0. The number of nitrogens with zero attached hydrogens (tertiary/aromatic N) is 1. The summed E-state index contributed by atoms with van der Waals surface area (Å²) in [6.45, 7) is 2.19. The average Bonchev–Trinajstić information content (AvgIpc) is 3.02. The first-order valence-electron chi connectivity index (χ1n) is 13.8. The van der Waals surface area contributed by atoms with Crippen LogP contribution in [0.4, 0.5) is 17.1 Å². The summed E-state index contributed by atoms with van der Waals surface area (Å²) in [5.74, 6) is 0. The molecule has 0 fully saturated rings. The highest BCUT2D eigenvalue weighted by atomic mass is 15.1. The molecular formula is C39H29N. The van der Waals surface area contributed by atoms with E-state index < -0.39 is 0 Å². The number of benzene rings is 7. The predicted molar refractivity (Wildman–Crippen MR) is 172 cm³/mol. The summed E-state index contributed by atoms with van der Waals surface area (Å²) >= 11 is 0. The standard InChI is InChI=1S/C39H29N/c1-28-12-5-10-21-37(28)40(33-25-22-30(23-26-33)29-13-3-2-4-14-29)38-27-24-32-16-7-9-19-35(32)39(38)36-20-11-17-31-15-6-8-18-34(31)36/h2-27H,1H3. The van der Waals surface area contributed by atoms with Gasteiger partial charge in [-0.05, 0) is 75.0 Å². The molecule has 1 nitrogen and oxygen atoms in total. The fraction of sp³-hybridized carbons (Fsp3) is 0.0256. The van der Waals surface area contributed by atoms with Gasteiger partial charge in [0.25, 0.3) is 0 Å². The lowest BCUT2D eigenvalue weighted by molar-refractivity contribution is 1.26. The van der Waals surface area contributed by atoms with Crippen molar-refractivity contribution in [2.75, 3.05) is 4.90 Å². The highest BCUT2D eigenvalue weighted by Crippen LogP contribution is 2.46. The smallest absolute Gasteiger partial charge is 0.0546 e. The SMILES string of the molecule is Cc1ccccc1N(c1ccc(-c2ccccc2)cc1)c1ccc2ccccc2c1-c1cccc2ccccc12. The summed E-state index contributed by atoms with van der Waals surface area (Å²) in [5, 5.41) is 4.98. The Labute approximate surface area is 235 Å². The molecule has 7 aromatic rings. The Bertz CT molecular complexity index is 1950. The van der Waals surface area contributed by atoms with E-state index in [4.69, 9.17) is 0 Å². The van der Waals surface area contributed by atoms with Crippen molar-refractivity contribution >= 4 is 38.6 Å². The summed E-state index contributed by atoms with van der Waals surface area (Å²) in [4.78, 5) is 2.42. The van der Waals surface area contributed by atoms with Crippen LogP contribution in [-0.2, 0) is 0 Å². The second kappa shape index (κ2) is 10.2. The van der Waals surface area contributed by atoms with Gasteiger partial charge in [0.05, 0.1) is 5.69 Å². The number of hydrogen-bond acceptors (Lipinski definition) is 1. The van der Waals surface area contributed by atoms with Crippen molar-refractivity contribution in [3.05, 3.63) is 163 Å². The molecule has 0 radical (unpaired) electrons. The van der Waals surface area contributed by atoms with Crippen LogP contribution < -0.4 is 4.90 Å². The van der Waals surface area contributed by atoms with E-state index >= 15 is 0 Å². The first kappa shape index (κ1) is 23.9. The van der Waals surface area contributed by atoms with Gasteiger partial charge in [0.15, 0.2) is 0 Å². The van der Waals surface area contributed by atoms with E-state index in [1.54, 1.807) is 0 Å². The maximum atomic E-state index is 2.42. The van der Waals surface area contributed by atoms with Crippen LogP contribution >= 0.6 is 0 Å². The molecule has 0 N–H and O–H groups in total. The van der Waals surface area contributed by atoms with Gasteiger partial charge in [-0.25, -0.2) is 0 Å². The van der Waals surface area contributed by atoms with Crippen LogP contribution in [0.2, 0.25) is 0 Å². The second-order valence-electron chi connectivity index (χ2n) is 10.2. The first-order chi connectivity index (χ1) is 19.8. The Morgan fingerprint density at radius 2 is 1.00 bits per heavy atom. The van der Waals surface area contributed by atoms with E-state index in [1.807, 2.05) is 0 Å². The summed E-state index contributed by atoms with van der Waals surface area (Å²) in [7, 11) is 0. The number of rotatable bonds is 5. The Morgan fingerprint density at radius 1 is 0.400 bits per heavy atom. The lowest BCUT2D eigenvalue weighted by Gasteiger charge is -2.30. The number of aryl methyl sites for hydroxylation is 1. The van der Waals surface area contributed by atoms with Gasteiger partial charge < -0.3 is 4.90 Å². The van der Waals surface area contributed by atoms with Crippen LogP contribution in [-0.4, -0.2) is 0 Å². The van der Waals surface area contributed by atoms with Crippen LogP contribution in [0.25, 0.3) is 43.8 Å². The summed E-state index contributed by atoms with van der Waals surface area (Å²) in [6, 6.07) is 56.8.